The first kappa shape index (κ1) is 17.3. The van der Waals surface area contributed by atoms with Crippen molar-refractivity contribution in [3.63, 3.8) is 0 Å². The summed E-state index contributed by atoms with van der Waals surface area (Å²) in [5, 5.41) is 12.2. The zero-order valence-corrected chi connectivity index (χ0v) is 13.0. The lowest BCUT2D eigenvalue weighted by Gasteiger charge is -2.17. The van der Waals surface area contributed by atoms with Crippen molar-refractivity contribution < 1.29 is 19.4 Å². The van der Waals surface area contributed by atoms with Gasteiger partial charge in [0.25, 0.3) is 5.91 Å². The van der Waals surface area contributed by atoms with Crippen LogP contribution in [0.1, 0.15) is 38.7 Å². The minimum atomic E-state index is -0.606. The van der Waals surface area contributed by atoms with Gasteiger partial charge in [0.2, 0.25) is 0 Å². The highest BCUT2D eigenvalue weighted by Crippen LogP contribution is 2.25. The quantitative estimate of drug-likeness (QED) is 0.686. The number of hydrogen-bond acceptors (Lipinski definition) is 4. The molecule has 0 aliphatic rings. The van der Waals surface area contributed by atoms with E-state index in [-0.39, 0.29) is 12.5 Å². The van der Waals surface area contributed by atoms with E-state index in [2.05, 4.69) is 12.2 Å². The number of benzene rings is 1. The van der Waals surface area contributed by atoms with E-state index in [1.54, 1.807) is 32.2 Å². The molecule has 0 saturated heterocycles. The average Bonchev–Trinajstić information content (AvgIpc) is 2.51. The summed E-state index contributed by atoms with van der Waals surface area (Å²) in [5.74, 6) is 0.989. The summed E-state index contributed by atoms with van der Waals surface area (Å²) < 4.78 is 10.7. The molecule has 0 heterocycles. The standard InChI is InChI=1S/C16H25NO4/c1-4-5-6-9-17-16(19)12(2)21-15-8-7-14(20-3)10-13(15)11-18/h7-8,10,12,18H,4-6,9,11H2,1-3H3,(H,17,19). The number of carbonyl (C=O) groups excluding carboxylic acids is 1. The predicted molar refractivity (Wildman–Crippen MR) is 81.5 cm³/mol. The van der Waals surface area contributed by atoms with Gasteiger partial charge in [-0.15, -0.1) is 0 Å². The molecule has 118 valence electrons. The van der Waals surface area contributed by atoms with Crippen LogP contribution in [0.15, 0.2) is 18.2 Å². The molecule has 0 radical (unpaired) electrons. The number of unbranched alkanes of at least 4 members (excludes halogenated alkanes) is 2. The maximum Gasteiger partial charge on any atom is 0.260 e. The molecule has 0 fully saturated rings. The van der Waals surface area contributed by atoms with Gasteiger partial charge in [0.1, 0.15) is 11.5 Å². The second-order valence-electron chi connectivity index (χ2n) is 4.89. The molecule has 1 unspecified atom stereocenters. The number of methoxy groups -OCH3 is 1. The summed E-state index contributed by atoms with van der Waals surface area (Å²) in [7, 11) is 1.56. The van der Waals surface area contributed by atoms with E-state index in [4.69, 9.17) is 9.47 Å². The van der Waals surface area contributed by atoms with Crippen LogP contribution in [0, 0.1) is 0 Å². The van der Waals surface area contributed by atoms with Gasteiger partial charge in [-0.25, -0.2) is 0 Å². The number of amides is 1. The molecule has 1 aromatic rings. The minimum absolute atomic E-state index is 0.147. The molecule has 5 nitrogen and oxygen atoms in total. The molecule has 2 N–H and O–H groups in total. The molecule has 5 heteroatoms. The Labute approximate surface area is 126 Å². The molecule has 0 spiro atoms. The minimum Gasteiger partial charge on any atom is -0.497 e. The molecule has 0 aliphatic heterocycles. The largest absolute Gasteiger partial charge is 0.497 e. The smallest absolute Gasteiger partial charge is 0.260 e. The van der Waals surface area contributed by atoms with Gasteiger partial charge in [-0.2, -0.15) is 0 Å². The Kier molecular flexibility index (Phi) is 7.61. The lowest BCUT2D eigenvalue weighted by molar-refractivity contribution is -0.127. The number of rotatable bonds is 9. The van der Waals surface area contributed by atoms with Crippen LogP contribution >= 0.6 is 0 Å². The molecular formula is C16H25NO4. The average molecular weight is 295 g/mol. The third-order valence-electron chi connectivity index (χ3n) is 3.19. The summed E-state index contributed by atoms with van der Waals surface area (Å²) in [6.07, 6.45) is 2.58. The molecule has 1 rings (SSSR count). The topological polar surface area (TPSA) is 67.8 Å². The Balaban J connectivity index is 2.57. The molecule has 1 aromatic carbocycles. The summed E-state index contributed by atoms with van der Waals surface area (Å²) >= 11 is 0. The van der Waals surface area contributed by atoms with Crippen molar-refractivity contribution in [2.24, 2.45) is 0 Å². The predicted octanol–water partition coefficient (Wildman–Crippen LogP) is 2.26. The van der Waals surface area contributed by atoms with Crippen molar-refractivity contribution in [2.75, 3.05) is 13.7 Å². The van der Waals surface area contributed by atoms with Crippen molar-refractivity contribution in [3.05, 3.63) is 23.8 Å². The van der Waals surface area contributed by atoms with Crippen LogP contribution < -0.4 is 14.8 Å². The van der Waals surface area contributed by atoms with Crippen LogP contribution in [0.4, 0.5) is 0 Å². The van der Waals surface area contributed by atoms with Crippen molar-refractivity contribution >= 4 is 5.91 Å². The van der Waals surface area contributed by atoms with E-state index >= 15 is 0 Å². The fourth-order valence-electron chi connectivity index (χ4n) is 1.90. The normalized spacial score (nSPS) is 11.8. The highest BCUT2D eigenvalue weighted by Gasteiger charge is 2.16. The molecule has 0 bridgehead atoms. The number of nitrogens with one attached hydrogen (secondary N) is 1. The number of aliphatic hydroxyl groups is 1. The number of aliphatic hydroxyl groups excluding tert-OH is 1. The number of hydrogen-bond donors (Lipinski definition) is 2. The third kappa shape index (κ3) is 5.63. The maximum absolute atomic E-state index is 11.9. The number of ether oxygens (including phenoxy) is 2. The maximum atomic E-state index is 11.9. The zero-order chi connectivity index (χ0) is 15.7. The lowest BCUT2D eigenvalue weighted by atomic mass is 10.2. The van der Waals surface area contributed by atoms with Crippen molar-refractivity contribution in [1.29, 1.82) is 0 Å². The second kappa shape index (κ2) is 9.23. The molecule has 1 atom stereocenters. The lowest BCUT2D eigenvalue weighted by Crippen LogP contribution is -2.37. The van der Waals surface area contributed by atoms with Gasteiger partial charge in [-0.05, 0) is 31.5 Å². The van der Waals surface area contributed by atoms with E-state index in [0.717, 1.165) is 19.3 Å². The Bertz CT molecular complexity index is 448. The van der Waals surface area contributed by atoms with Gasteiger partial charge >= 0.3 is 0 Å². The zero-order valence-electron chi connectivity index (χ0n) is 13.0. The Morgan fingerprint density at radius 1 is 1.38 bits per heavy atom. The van der Waals surface area contributed by atoms with Crippen LogP contribution in [0.5, 0.6) is 11.5 Å². The van der Waals surface area contributed by atoms with E-state index in [0.29, 0.717) is 23.6 Å². The molecule has 21 heavy (non-hydrogen) atoms. The van der Waals surface area contributed by atoms with Crippen LogP contribution in [0.3, 0.4) is 0 Å². The fraction of sp³-hybridized carbons (Fsp3) is 0.562. The van der Waals surface area contributed by atoms with Gasteiger partial charge in [0, 0.05) is 12.1 Å². The molecular weight excluding hydrogens is 270 g/mol. The highest BCUT2D eigenvalue weighted by atomic mass is 16.5. The Morgan fingerprint density at radius 2 is 2.14 bits per heavy atom. The van der Waals surface area contributed by atoms with E-state index in [1.807, 2.05) is 0 Å². The molecule has 0 aromatic heterocycles. The SMILES string of the molecule is CCCCCNC(=O)C(C)Oc1ccc(OC)cc1CO. The van der Waals surface area contributed by atoms with Crippen molar-refractivity contribution in [3.8, 4) is 11.5 Å². The first-order chi connectivity index (χ1) is 10.1. The summed E-state index contributed by atoms with van der Waals surface area (Å²) in [5.41, 5.74) is 0.597. The Morgan fingerprint density at radius 3 is 2.76 bits per heavy atom. The summed E-state index contributed by atoms with van der Waals surface area (Å²) in [4.78, 5) is 11.9. The van der Waals surface area contributed by atoms with Gasteiger partial charge in [0.15, 0.2) is 6.10 Å². The second-order valence-corrected chi connectivity index (χ2v) is 4.89. The summed E-state index contributed by atoms with van der Waals surface area (Å²) in [6, 6.07) is 5.13. The van der Waals surface area contributed by atoms with E-state index < -0.39 is 6.10 Å². The first-order valence-corrected chi connectivity index (χ1v) is 7.34. The van der Waals surface area contributed by atoms with Crippen molar-refractivity contribution in [2.45, 2.75) is 45.8 Å². The number of carbonyl (C=O) groups is 1. The molecule has 0 aliphatic carbocycles. The monoisotopic (exact) mass is 295 g/mol. The fourth-order valence-corrected chi connectivity index (χ4v) is 1.90. The molecule has 0 saturated carbocycles. The van der Waals surface area contributed by atoms with Gasteiger partial charge in [-0.3, -0.25) is 4.79 Å². The van der Waals surface area contributed by atoms with Crippen LogP contribution in [-0.2, 0) is 11.4 Å². The third-order valence-corrected chi connectivity index (χ3v) is 3.19. The first-order valence-electron chi connectivity index (χ1n) is 7.34. The molecule has 1 amide bonds. The van der Waals surface area contributed by atoms with Gasteiger partial charge in [-0.1, -0.05) is 19.8 Å². The van der Waals surface area contributed by atoms with Crippen LogP contribution in [0.2, 0.25) is 0 Å². The van der Waals surface area contributed by atoms with Crippen LogP contribution in [-0.4, -0.2) is 30.8 Å². The Hall–Kier alpha value is -1.75. The van der Waals surface area contributed by atoms with Gasteiger partial charge in [0.05, 0.1) is 13.7 Å². The van der Waals surface area contributed by atoms with Gasteiger partial charge < -0.3 is 19.9 Å². The van der Waals surface area contributed by atoms with E-state index in [9.17, 15) is 9.90 Å². The highest BCUT2D eigenvalue weighted by molar-refractivity contribution is 5.80. The van der Waals surface area contributed by atoms with Crippen molar-refractivity contribution in [1.82, 2.24) is 5.32 Å². The summed E-state index contributed by atoms with van der Waals surface area (Å²) in [6.45, 7) is 4.31. The van der Waals surface area contributed by atoms with Crippen LogP contribution in [0.25, 0.3) is 0 Å². The van der Waals surface area contributed by atoms with E-state index in [1.165, 1.54) is 0 Å².